The van der Waals surface area contributed by atoms with E-state index in [4.69, 9.17) is 5.73 Å². The number of carbonyl (C=O) groups is 1. The van der Waals surface area contributed by atoms with Crippen LogP contribution in [-0.4, -0.2) is 19.0 Å². The van der Waals surface area contributed by atoms with Crippen LogP contribution in [0.4, 0.5) is 0 Å². The normalized spacial score (nSPS) is 17.2. The Labute approximate surface area is 130 Å². The Bertz CT molecular complexity index is 342. The second kappa shape index (κ2) is 9.24. The SMILES string of the molecule is CC(C)(C)C(CCN)CCC(=O)NCCC1=CCCCC1. The molecular weight excluding hydrogens is 260 g/mol. The maximum atomic E-state index is 12.0. The first-order chi connectivity index (χ1) is 9.93. The van der Waals surface area contributed by atoms with E-state index in [1.165, 1.54) is 31.3 Å². The average molecular weight is 294 g/mol. The van der Waals surface area contributed by atoms with Gasteiger partial charge in [0.05, 0.1) is 0 Å². The molecule has 0 fully saturated rings. The Kier molecular flexibility index (Phi) is 8.02. The van der Waals surface area contributed by atoms with Crippen LogP contribution in [0.1, 0.15) is 72.1 Å². The summed E-state index contributed by atoms with van der Waals surface area (Å²) in [6.45, 7) is 8.21. The first-order valence-corrected chi connectivity index (χ1v) is 8.58. The standard InChI is InChI=1S/C18H34N2O/c1-18(2,3)16(11-13-19)9-10-17(21)20-14-12-15-7-5-4-6-8-15/h7,16H,4-6,8-14,19H2,1-3H3,(H,20,21). The van der Waals surface area contributed by atoms with Crippen molar-refractivity contribution in [2.45, 2.75) is 72.1 Å². The van der Waals surface area contributed by atoms with E-state index in [1.54, 1.807) is 0 Å². The fourth-order valence-corrected chi connectivity index (χ4v) is 3.10. The zero-order valence-corrected chi connectivity index (χ0v) is 14.2. The average Bonchev–Trinajstić information content (AvgIpc) is 2.43. The summed E-state index contributed by atoms with van der Waals surface area (Å²) in [6.07, 6.45) is 11.0. The second-order valence-electron chi connectivity index (χ2n) is 7.39. The lowest BCUT2D eigenvalue weighted by Gasteiger charge is -2.30. The molecule has 0 spiro atoms. The van der Waals surface area contributed by atoms with Crippen molar-refractivity contribution in [1.82, 2.24) is 5.32 Å². The van der Waals surface area contributed by atoms with Gasteiger partial charge in [0.25, 0.3) is 0 Å². The third-order valence-electron chi connectivity index (χ3n) is 4.61. The molecule has 1 rings (SSSR count). The van der Waals surface area contributed by atoms with Gasteiger partial charge < -0.3 is 11.1 Å². The van der Waals surface area contributed by atoms with Crippen LogP contribution in [0.15, 0.2) is 11.6 Å². The number of nitrogens with two attached hydrogens (primary N) is 1. The van der Waals surface area contributed by atoms with Crippen molar-refractivity contribution in [1.29, 1.82) is 0 Å². The second-order valence-corrected chi connectivity index (χ2v) is 7.39. The summed E-state index contributed by atoms with van der Waals surface area (Å²) in [5, 5.41) is 3.07. The minimum atomic E-state index is 0.192. The van der Waals surface area contributed by atoms with Crippen LogP contribution in [0.25, 0.3) is 0 Å². The summed E-state index contributed by atoms with van der Waals surface area (Å²) in [7, 11) is 0. The number of allylic oxidation sites excluding steroid dienone is 1. The van der Waals surface area contributed by atoms with Crippen LogP contribution in [0.3, 0.4) is 0 Å². The molecule has 0 aromatic carbocycles. The van der Waals surface area contributed by atoms with Crippen LogP contribution < -0.4 is 11.1 Å². The largest absolute Gasteiger partial charge is 0.356 e. The van der Waals surface area contributed by atoms with Crippen molar-refractivity contribution in [3.63, 3.8) is 0 Å². The number of nitrogens with one attached hydrogen (secondary N) is 1. The van der Waals surface area contributed by atoms with Gasteiger partial charge in [-0.3, -0.25) is 4.79 Å². The molecule has 1 aliphatic rings. The molecule has 0 saturated heterocycles. The van der Waals surface area contributed by atoms with Gasteiger partial charge in [0, 0.05) is 13.0 Å². The van der Waals surface area contributed by atoms with E-state index in [0.29, 0.717) is 18.9 Å². The molecule has 0 radical (unpaired) electrons. The van der Waals surface area contributed by atoms with E-state index in [0.717, 1.165) is 25.8 Å². The van der Waals surface area contributed by atoms with Gasteiger partial charge in [-0.2, -0.15) is 0 Å². The number of amides is 1. The summed E-state index contributed by atoms with van der Waals surface area (Å²) in [5.41, 5.74) is 7.44. The quantitative estimate of drug-likeness (QED) is 0.669. The molecule has 0 aromatic heterocycles. The van der Waals surface area contributed by atoms with Gasteiger partial charge in [0.2, 0.25) is 5.91 Å². The Morgan fingerprint density at radius 2 is 2.10 bits per heavy atom. The molecule has 0 bridgehead atoms. The Hall–Kier alpha value is -0.830. The van der Waals surface area contributed by atoms with Gasteiger partial charge in [-0.05, 0) is 62.8 Å². The number of rotatable bonds is 8. The summed E-state index contributed by atoms with van der Waals surface area (Å²) < 4.78 is 0. The molecule has 0 heterocycles. The lowest BCUT2D eigenvalue weighted by molar-refractivity contribution is -0.121. The van der Waals surface area contributed by atoms with E-state index in [-0.39, 0.29) is 11.3 Å². The van der Waals surface area contributed by atoms with Crippen LogP contribution >= 0.6 is 0 Å². The van der Waals surface area contributed by atoms with Crippen molar-refractivity contribution in [2.24, 2.45) is 17.1 Å². The lowest BCUT2D eigenvalue weighted by Crippen LogP contribution is -2.28. The number of hydrogen-bond acceptors (Lipinski definition) is 2. The molecule has 3 heteroatoms. The molecule has 3 N–H and O–H groups in total. The summed E-state index contributed by atoms with van der Waals surface area (Å²) in [5.74, 6) is 0.715. The van der Waals surface area contributed by atoms with Crippen LogP contribution in [0.5, 0.6) is 0 Å². The smallest absolute Gasteiger partial charge is 0.220 e. The Morgan fingerprint density at radius 1 is 1.33 bits per heavy atom. The lowest BCUT2D eigenvalue weighted by atomic mass is 9.76. The summed E-state index contributed by atoms with van der Waals surface area (Å²) in [6, 6.07) is 0. The fraction of sp³-hybridized carbons (Fsp3) is 0.833. The Balaban J connectivity index is 2.21. The molecular formula is C18H34N2O. The van der Waals surface area contributed by atoms with Gasteiger partial charge in [-0.15, -0.1) is 0 Å². The van der Waals surface area contributed by atoms with Crippen LogP contribution in [0, 0.1) is 11.3 Å². The minimum absolute atomic E-state index is 0.192. The van der Waals surface area contributed by atoms with E-state index >= 15 is 0 Å². The van der Waals surface area contributed by atoms with E-state index < -0.39 is 0 Å². The highest BCUT2D eigenvalue weighted by Crippen LogP contribution is 2.32. The first kappa shape index (κ1) is 18.2. The van der Waals surface area contributed by atoms with Crippen molar-refractivity contribution >= 4 is 5.91 Å². The molecule has 1 aliphatic carbocycles. The van der Waals surface area contributed by atoms with E-state index in [9.17, 15) is 4.79 Å². The van der Waals surface area contributed by atoms with Gasteiger partial charge in [-0.25, -0.2) is 0 Å². The molecule has 1 atom stereocenters. The van der Waals surface area contributed by atoms with Crippen LogP contribution in [0.2, 0.25) is 0 Å². The maximum absolute atomic E-state index is 12.0. The highest BCUT2D eigenvalue weighted by Gasteiger charge is 2.24. The van der Waals surface area contributed by atoms with Crippen molar-refractivity contribution in [3.05, 3.63) is 11.6 Å². The summed E-state index contributed by atoms with van der Waals surface area (Å²) in [4.78, 5) is 12.0. The third-order valence-corrected chi connectivity index (χ3v) is 4.61. The van der Waals surface area contributed by atoms with Gasteiger partial charge >= 0.3 is 0 Å². The minimum Gasteiger partial charge on any atom is -0.356 e. The first-order valence-electron chi connectivity index (χ1n) is 8.58. The fourth-order valence-electron chi connectivity index (χ4n) is 3.10. The maximum Gasteiger partial charge on any atom is 0.220 e. The molecule has 21 heavy (non-hydrogen) atoms. The molecule has 0 aromatic rings. The summed E-state index contributed by atoms with van der Waals surface area (Å²) >= 11 is 0. The highest BCUT2D eigenvalue weighted by molar-refractivity contribution is 5.75. The topological polar surface area (TPSA) is 55.1 Å². The molecule has 1 unspecified atom stereocenters. The van der Waals surface area contributed by atoms with Crippen molar-refractivity contribution < 1.29 is 4.79 Å². The number of hydrogen-bond donors (Lipinski definition) is 2. The molecule has 0 saturated carbocycles. The molecule has 0 aliphatic heterocycles. The van der Waals surface area contributed by atoms with Gasteiger partial charge in [0.15, 0.2) is 0 Å². The molecule has 1 amide bonds. The number of carbonyl (C=O) groups excluding carboxylic acids is 1. The zero-order chi connectivity index (χ0) is 15.7. The Morgan fingerprint density at radius 3 is 2.67 bits per heavy atom. The van der Waals surface area contributed by atoms with Crippen LogP contribution in [-0.2, 0) is 4.79 Å². The van der Waals surface area contributed by atoms with Gasteiger partial charge in [0.1, 0.15) is 0 Å². The predicted octanol–water partition coefficient (Wildman–Crippen LogP) is 3.78. The highest BCUT2D eigenvalue weighted by atomic mass is 16.1. The molecule has 122 valence electrons. The molecule has 3 nitrogen and oxygen atoms in total. The van der Waals surface area contributed by atoms with Gasteiger partial charge in [-0.1, -0.05) is 32.4 Å². The van der Waals surface area contributed by atoms with Crippen molar-refractivity contribution in [2.75, 3.05) is 13.1 Å². The van der Waals surface area contributed by atoms with Crippen molar-refractivity contribution in [3.8, 4) is 0 Å². The monoisotopic (exact) mass is 294 g/mol. The zero-order valence-electron chi connectivity index (χ0n) is 14.2. The predicted molar refractivity (Wildman–Crippen MR) is 90.0 cm³/mol. The van der Waals surface area contributed by atoms with E-state index in [1.807, 2.05) is 0 Å². The van der Waals surface area contributed by atoms with E-state index in [2.05, 4.69) is 32.2 Å². The third kappa shape index (κ3) is 7.66.